The van der Waals surface area contributed by atoms with Gasteiger partial charge in [0.25, 0.3) is 5.56 Å². The Hall–Kier alpha value is -2.68. The van der Waals surface area contributed by atoms with Crippen LogP contribution in [0, 0.1) is 0 Å². The predicted octanol–water partition coefficient (Wildman–Crippen LogP) is 3.83. The van der Waals surface area contributed by atoms with Crippen molar-refractivity contribution in [2.75, 3.05) is 30.7 Å². The van der Waals surface area contributed by atoms with Crippen molar-refractivity contribution in [2.24, 2.45) is 0 Å². The van der Waals surface area contributed by atoms with Gasteiger partial charge < -0.3 is 10.2 Å². The van der Waals surface area contributed by atoms with Crippen LogP contribution in [-0.4, -0.2) is 40.8 Å². The summed E-state index contributed by atoms with van der Waals surface area (Å²) >= 11 is 2.82. The minimum absolute atomic E-state index is 0.0178. The molecule has 6 nitrogen and oxygen atoms in total. The maximum Gasteiger partial charge on any atom is 0.272 e. The van der Waals surface area contributed by atoms with Gasteiger partial charge in [0.2, 0.25) is 5.91 Å². The van der Waals surface area contributed by atoms with Crippen molar-refractivity contribution in [1.82, 2.24) is 9.55 Å². The molecule has 4 rings (SSSR count). The van der Waals surface area contributed by atoms with E-state index in [0.29, 0.717) is 16.4 Å². The molecule has 0 atom stereocenters. The summed E-state index contributed by atoms with van der Waals surface area (Å²) in [6, 6.07) is 15.9. The number of likely N-dealkylation sites (N-methyl/N-ethyl adjacent to an activating group) is 1. The second-order valence-corrected chi connectivity index (χ2v) is 10.2. The van der Waals surface area contributed by atoms with Crippen LogP contribution in [0.4, 0.5) is 5.69 Å². The number of benzene rings is 2. The fourth-order valence-electron chi connectivity index (χ4n) is 3.99. The molecule has 0 saturated heterocycles. The van der Waals surface area contributed by atoms with Crippen molar-refractivity contribution < 1.29 is 9.69 Å². The summed E-state index contributed by atoms with van der Waals surface area (Å²) in [5.41, 5.74) is 2.72. The van der Waals surface area contributed by atoms with Gasteiger partial charge in [-0.05, 0) is 44.0 Å². The molecular formula is C26H31N4O2S2+. The molecule has 0 radical (unpaired) electrons. The number of carbonyl (C=O) groups excluding carboxylic acids is 1. The molecule has 2 aromatic heterocycles. The zero-order valence-electron chi connectivity index (χ0n) is 19.9. The van der Waals surface area contributed by atoms with E-state index in [2.05, 4.69) is 26.1 Å². The van der Waals surface area contributed by atoms with E-state index in [0.717, 1.165) is 47.3 Å². The van der Waals surface area contributed by atoms with E-state index in [4.69, 9.17) is 4.98 Å². The molecular weight excluding hydrogens is 464 g/mol. The largest absolute Gasteiger partial charge is 0.334 e. The van der Waals surface area contributed by atoms with Crippen LogP contribution >= 0.6 is 23.1 Å². The maximum absolute atomic E-state index is 13.5. The van der Waals surface area contributed by atoms with Gasteiger partial charge >= 0.3 is 0 Å². The van der Waals surface area contributed by atoms with E-state index in [-0.39, 0.29) is 17.2 Å². The van der Waals surface area contributed by atoms with Crippen LogP contribution in [0.5, 0.6) is 0 Å². The number of rotatable bonds is 10. The first kappa shape index (κ1) is 24.4. The molecule has 0 aliphatic carbocycles. The Balaban J connectivity index is 1.61. The van der Waals surface area contributed by atoms with Crippen LogP contribution in [0.3, 0.4) is 0 Å². The molecule has 0 bridgehead atoms. The summed E-state index contributed by atoms with van der Waals surface area (Å²) in [7, 11) is 0. The number of nitrogens with zero attached hydrogens (tertiary/aromatic N) is 2. The number of hydrogen-bond acceptors (Lipinski definition) is 5. The average molecular weight is 496 g/mol. The van der Waals surface area contributed by atoms with Gasteiger partial charge in [-0.2, -0.15) is 0 Å². The summed E-state index contributed by atoms with van der Waals surface area (Å²) in [5, 5.41) is 4.54. The molecule has 0 aliphatic heterocycles. The lowest BCUT2D eigenvalue weighted by Gasteiger charge is -2.17. The molecule has 0 aliphatic rings. The number of quaternary nitrogens is 1. The molecule has 0 fully saturated rings. The lowest BCUT2D eigenvalue weighted by atomic mass is 10.1. The van der Waals surface area contributed by atoms with Crippen molar-refractivity contribution in [3.05, 3.63) is 64.4 Å². The van der Waals surface area contributed by atoms with Gasteiger partial charge in [-0.15, -0.1) is 11.3 Å². The normalized spacial score (nSPS) is 11.5. The summed E-state index contributed by atoms with van der Waals surface area (Å²) in [4.78, 5) is 32.5. The summed E-state index contributed by atoms with van der Waals surface area (Å²) in [6.45, 7) is 9.84. The molecule has 2 heterocycles. The van der Waals surface area contributed by atoms with Gasteiger partial charge in [-0.1, -0.05) is 49.0 Å². The Bertz CT molecular complexity index is 1340. The molecule has 2 aromatic carbocycles. The fourth-order valence-corrected chi connectivity index (χ4v) is 5.89. The van der Waals surface area contributed by atoms with E-state index in [9.17, 15) is 9.59 Å². The Morgan fingerprint density at radius 3 is 2.53 bits per heavy atom. The highest BCUT2D eigenvalue weighted by Gasteiger charge is 2.18. The van der Waals surface area contributed by atoms with Crippen LogP contribution in [0.2, 0.25) is 0 Å². The van der Waals surface area contributed by atoms with Crippen LogP contribution < -0.4 is 15.8 Å². The Kier molecular flexibility index (Phi) is 8.03. The quantitative estimate of drug-likeness (QED) is 0.259. The number of aryl methyl sites for hydroxylation is 1. The highest BCUT2D eigenvalue weighted by Crippen LogP contribution is 2.31. The second-order valence-electron chi connectivity index (χ2n) is 8.22. The van der Waals surface area contributed by atoms with Gasteiger partial charge in [0.1, 0.15) is 4.70 Å². The van der Waals surface area contributed by atoms with E-state index in [1.165, 1.54) is 33.6 Å². The number of hydrogen-bond donors (Lipinski definition) is 2. The molecule has 0 saturated carbocycles. The highest BCUT2D eigenvalue weighted by atomic mass is 32.2. The van der Waals surface area contributed by atoms with Crippen molar-refractivity contribution in [3.8, 4) is 0 Å². The van der Waals surface area contributed by atoms with E-state index >= 15 is 0 Å². The van der Waals surface area contributed by atoms with E-state index in [1.54, 1.807) is 4.57 Å². The summed E-state index contributed by atoms with van der Waals surface area (Å²) in [5.74, 6) is 0.0768. The number of fused-ring (bicyclic) bond motifs is 3. The first-order valence-corrected chi connectivity index (χ1v) is 13.6. The number of aromatic nitrogens is 2. The standard InChI is InChI=1S/C26H30N4O2S2/c1-4-18-11-13-19(14-12-18)27-22(31)17-33-26-28-23-20-9-7-8-10-21(20)34-24(23)25(32)30(26)16-15-29(5-2)6-3/h7-14H,4-6,15-17H2,1-3H3,(H,27,31)/p+1. The van der Waals surface area contributed by atoms with Crippen LogP contribution in [0.1, 0.15) is 26.3 Å². The number of carbonyl (C=O) groups is 1. The minimum Gasteiger partial charge on any atom is -0.334 e. The topological polar surface area (TPSA) is 68.4 Å². The fraction of sp³-hybridized carbons (Fsp3) is 0.346. The first-order valence-electron chi connectivity index (χ1n) is 11.8. The number of thiophene rings is 1. The molecule has 1 amide bonds. The highest BCUT2D eigenvalue weighted by molar-refractivity contribution is 7.99. The third-order valence-corrected chi connectivity index (χ3v) is 8.24. The van der Waals surface area contributed by atoms with Gasteiger partial charge in [-0.25, -0.2) is 4.98 Å². The molecule has 2 N–H and O–H groups in total. The second kappa shape index (κ2) is 11.2. The van der Waals surface area contributed by atoms with Gasteiger partial charge in [-0.3, -0.25) is 14.2 Å². The monoisotopic (exact) mass is 495 g/mol. The van der Waals surface area contributed by atoms with E-state index in [1.807, 2.05) is 48.5 Å². The lowest BCUT2D eigenvalue weighted by Crippen LogP contribution is -3.11. The molecule has 8 heteroatoms. The Morgan fingerprint density at radius 1 is 1.09 bits per heavy atom. The summed E-state index contributed by atoms with van der Waals surface area (Å²) < 4.78 is 3.50. The van der Waals surface area contributed by atoms with Crippen LogP contribution in [0.25, 0.3) is 20.3 Å². The SMILES string of the molecule is CCc1ccc(NC(=O)CSc2nc3c(sc4ccccc43)c(=O)n2CC[NH+](CC)CC)cc1. The molecule has 0 spiro atoms. The van der Waals surface area contributed by atoms with Gasteiger partial charge in [0.05, 0.1) is 37.4 Å². The Morgan fingerprint density at radius 2 is 1.82 bits per heavy atom. The van der Waals surface area contributed by atoms with Crippen LogP contribution in [-0.2, 0) is 17.8 Å². The van der Waals surface area contributed by atoms with Crippen LogP contribution in [0.15, 0.2) is 58.5 Å². The molecule has 178 valence electrons. The predicted molar refractivity (Wildman–Crippen MR) is 143 cm³/mol. The van der Waals surface area contributed by atoms with E-state index < -0.39 is 0 Å². The minimum atomic E-state index is -0.111. The third-order valence-electron chi connectivity index (χ3n) is 6.11. The maximum atomic E-state index is 13.5. The number of anilines is 1. The van der Waals surface area contributed by atoms with Gasteiger partial charge in [0.15, 0.2) is 5.16 Å². The van der Waals surface area contributed by atoms with Crippen molar-refractivity contribution >= 4 is 55.0 Å². The molecule has 34 heavy (non-hydrogen) atoms. The number of amides is 1. The first-order chi connectivity index (χ1) is 16.5. The smallest absolute Gasteiger partial charge is 0.272 e. The van der Waals surface area contributed by atoms with Crippen molar-refractivity contribution in [2.45, 2.75) is 38.9 Å². The van der Waals surface area contributed by atoms with Crippen molar-refractivity contribution in [1.29, 1.82) is 0 Å². The zero-order valence-corrected chi connectivity index (χ0v) is 21.5. The molecule has 0 unspecified atom stereocenters. The number of nitrogens with one attached hydrogen (secondary N) is 2. The third kappa shape index (κ3) is 5.35. The Labute approximate surface area is 208 Å². The number of thioether (sulfide) groups is 1. The van der Waals surface area contributed by atoms with Crippen molar-refractivity contribution in [3.63, 3.8) is 0 Å². The summed E-state index contributed by atoms with van der Waals surface area (Å²) in [6.07, 6.45) is 0.961. The van der Waals surface area contributed by atoms with Gasteiger partial charge in [0, 0.05) is 15.8 Å². The lowest BCUT2D eigenvalue weighted by molar-refractivity contribution is -0.897. The average Bonchev–Trinajstić information content (AvgIpc) is 3.24. The zero-order chi connectivity index (χ0) is 24.1. The molecule has 4 aromatic rings.